The number of aryl methyl sites for hydroxylation is 1. The summed E-state index contributed by atoms with van der Waals surface area (Å²) in [6, 6.07) is 7.59. The number of aromatic nitrogens is 4. The molecule has 7 nitrogen and oxygen atoms in total. The smallest absolute Gasteiger partial charge is 0.226 e. The van der Waals surface area contributed by atoms with Crippen LogP contribution in [0.15, 0.2) is 36.7 Å². The van der Waals surface area contributed by atoms with E-state index in [1.807, 2.05) is 43.6 Å². The Morgan fingerprint density at radius 2 is 1.86 bits per heavy atom. The highest BCUT2D eigenvalue weighted by Crippen LogP contribution is 2.40. The predicted octanol–water partition coefficient (Wildman–Crippen LogP) is 3.58. The monoisotopic (exact) mass is 377 g/mol. The first kappa shape index (κ1) is 18.2. The lowest BCUT2D eigenvalue weighted by atomic mass is 9.87. The number of carbonyl (C=O) groups is 1. The van der Waals surface area contributed by atoms with Crippen LogP contribution in [0.2, 0.25) is 0 Å². The zero-order chi connectivity index (χ0) is 19.8. The first-order valence-corrected chi connectivity index (χ1v) is 9.33. The summed E-state index contributed by atoms with van der Waals surface area (Å²) in [5, 5.41) is 7.69. The van der Waals surface area contributed by atoms with Gasteiger partial charge in [-0.15, -0.1) is 0 Å². The summed E-state index contributed by atoms with van der Waals surface area (Å²) < 4.78 is 7.00. The molecule has 3 heterocycles. The van der Waals surface area contributed by atoms with Crippen LogP contribution in [0.4, 0.5) is 5.82 Å². The van der Waals surface area contributed by atoms with E-state index in [0.29, 0.717) is 12.2 Å². The molecule has 1 aliphatic heterocycles. The molecule has 0 bridgehead atoms. The van der Waals surface area contributed by atoms with Crippen LogP contribution in [0.25, 0.3) is 5.69 Å². The summed E-state index contributed by atoms with van der Waals surface area (Å²) in [6.45, 7) is 6.08. The number of hydrogen-bond donors (Lipinski definition) is 1. The van der Waals surface area contributed by atoms with Crippen LogP contribution in [-0.4, -0.2) is 32.8 Å². The number of amides is 1. The second-order valence-electron chi connectivity index (χ2n) is 7.29. The van der Waals surface area contributed by atoms with Gasteiger partial charge in [-0.3, -0.25) is 4.79 Å². The third-order valence-electron chi connectivity index (χ3n) is 5.03. The van der Waals surface area contributed by atoms with Crippen LogP contribution in [-0.2, 0) is 4.79 Å². The lowest BCUT2D eigenvalue weighted by Gasteiger charge is -2.24. The number of nitrogens with one attached hydrogen (secondary N) is 1. The average molecular weight is 377 g/mol. The van der Waals surface area contributed by atoms with Crippen molar-refractivity contribution >= 4 is 11.7 Å². The summed E-state index contributed by atoms with van der Waals surface area (Å²) in [4.78, 5) is 21.4. The summed E-state index contributed by atoms with van der Waals surface area (Å²) in [5.74, 6) is 2.38. The number of benzene rings is 1. The van der Waals surface area contributed by atoms with Gasteiger partial charge >= 0.3 is 0 Å². The zero-order valence-corrected chi connectivity index (χ0v) is 16.4. The molecule has 1 amide bonds. The van der Waals surface area contributed by atoms with Crippen molar-refractivity contribution in [2.45, 2.75) is 39.0 Å². The molecule has 2 aromatic heterocycles. The second-order valence-corrected chi connectivity index (χ2v) is 7.29. The van der Waals surface area contributed by atoms with Gasteiger partial charge in [-0.05, 0) is 36.8 Å². The van der Waals surface area contributed by atoms with Crippen molar-refractivity contribution in [3.63, 3.8) is 0 Å². The Labute approximate surface area is 163 Å². The topological polar surface area (TPSA) is 81.9 Å². The van der Waals surface area contributed by atoms with Gasteiger partial charge in [0, 0.05) is 36.2 Å². The molecule has 0 saturated heterocycles. The van der Waals surface area contributed by atoms with E-state index in [-0.39, 0.29) is 17.7 Å². The average Bonchev–Trinajstić information content (AvgIpc) is 3.03. The first-order valence-electron chi connectivity index (χ1n) is 9.33. The van der Waals surface area contributed by atoms with Crippen molar-refractivity contribution in [1.29, 1.82) is 0 Å². The van der Waals surface area contributed by atoms with E-state index >= 15 is 0 Å². The van der Waals surface area contributed by atoms with E-state index in [1.54, 1.807) is 11.8 Å². The molecule has 1 atom stereocenters. The van der Waals surface area contributed by atoms with Gasteiger partial charge in [-0.1, -0.05) is 13.8 Å². The number of ether oxygens (including phenoxy) is 1. The van der Waals surface area contributed by atoms with Crippen LogP contribution >= 0.6 is 0 Å². The van der Waals surface area contributed by atoms with Crippen molar-refractivity contribution in [1.82, 2.24) is 19.7 Å². The molecule has 0 aliphatic carbocycles. The molecule has 28 heavy (non-hydrogen) atoms. The van der Waals surface area contributed by atoms with Gasteiger partial charge in [0.2, 0.25) is 5.91 Å². The Kier molecular flexibility index (Phi) is 4.58. The number of nitrogens with zero attached hydrogens (tertiary/aromatic N) is 4. The minimum absolute atomic E-state index is 0.0416. The fraction of sp³-hybridized carbons (Fsp3) is 0.333. The largest absolute Gasteiger partial charge is 0.497 e. The van der Waals surface area contributed by atoms with Gasteiger partial charge in [0.1, 0.15) is 17.4 Å². The molecule has 0 radical (unpaired) electrons. The summed E-state index contributed by atoms with van der Waals surface area (Å²) in [6.07, 6.45) is 4.02. The fourth-order valence-corrected chi connectivity index (χ4v) is 3.57. The van der Waals surface area contributed by atoms with Crippen LogP contribution in [0.5, 0.6) is 5.75 Å². The maximum Gasteiger partial charge on any atom is 0.226 e. The SMILES string of the molecule is COc1ccc(-n2nc(C)c3c2NC(=O)CC3c2cnc(C(C)C)nc2)cc1. The van der Waals surface area contributed by atoms with Crippen molar-refractivity contribution < 1.29 is 9.53 Å². The van der Waals surface area contributed by atoms with E-state index in [0.717, 1.165) is 34.1 Å². The molecule has 0 fully saturated rings. The number of anilines is 1. The number of carbonyl (C=O) groups excluding carboxylic acids is 1. The number of methoxy groups -OCH3 is 1. The summed E-state index contributed by atoms with van der Waals surface area (Å²) in [5.41, 5.74) is 3.68. The lowest BCUT2D eigenvalue weighted by Crippen LogP contribution is -2.25. The van der Waals surface area contributed by atoms with Gasteiger partial charge in [-0.25, -0.2) is 14.6 Å². The Morgan fingerprint density at radius 1 is 1.18 bits per heavy atom. The molecule has 0 spiro atoms. The van der Waals surface area contributed by atoms with E-state index in [9.17, 15) is 4.79 Å². The quantitative estimate of drug-likeness (QED) is 0.751. The number of rotatable bonds is 4. The van der Waals surface area contributed by atoms with Crippen LogP contribution < -0.4 is 10.1 Å². The molecule has 1 aromatic carbocycles. The molecule has 7 heteroatoms. The zero-order valence-electron chi connectivity index (χ0n) is 16.4. The van der Waals surface area contributed by atoms with E-state index in [2.05, 4.69) is 29.1 Å². The maximum atomic E-state index is 12.5. The number of fused-ring (bicyclic) bond motifs is 1. The van der Waals surface area contributed by atoms with E-state index in [4.69, 9.17) is 9.84 Å². The molecule has 3 aromatic rings. The molecule has 1 unspecified atom stereocenters. The van der Waals surface area contributed by atoms with Gasteiger partial charge in [0.05, 0.1) is 18.5 Å². The van der Waals surface area contributed by atoms with Crippen molar-refractivity contribution in [2.75, 3.05) is 12.4 Å². The third kappa shape index (κ3) is 3.13. The fourth-order valence-electron chi connectivity index (χ4n) is 3.57. The first-order chi connectivity index (χ1) is 13.5. The van der Waals surface area contributed by atoms with Gasteiger partial charge < -0.3 is 10.1 Å². The van der Waals surface area contributed by atoms with Crippen molar-refractivity contribution in [3.8, 4) is 11.4 Å². The summed E-state index contributed by atoms with van der Waals surface area (Å²) >= 11 is 0. The maximum absolute atomic E-state index is 12.5. The molecular formula is C21H23N5O2. The summed E-state index contributed by atoms with van der Waals surface area (Å²) in [7, 11) is 1.63. The standard InChI is InChI=1S/C21H23N5O2/c1-12(2)20-22-10-14(11-23-20)17-9-18(27)24-21-19(17)13(3)25-26(21)15-5-7-16(28-4)8-6-15/h5-8,10-12,17H,9H2,1-4H3,(H,24,27). The second kappa shape index (κ2) is 7.07. The van der Waals surface area contributed by atoms with Crippen LogP contribution in [0, 0.1) is 6.92 Å². The molecule has 144 valence electrons. The molecule has 4 rings (SSSR count). The van der Waals surface area contributed by atoms with Crippen LogP contribution in [0.1, 0.15) is 54.7 Å². The molecule has 0 saturated carbocycles. The van der Waals surface area contributed by atoms with E-state index in [1.165, 1.54) is 0 Å². The lowest BCUT2D eigenvalue weighted by molar-refractivity contribution is -0.116. The molecule has 1 aliphatic rings. The highest BCUT2D eigenvalue weighted by molar-refractivity contribution is 5.95. The highest BCUT2D eigenvalue weighted by Gasteiger charge is 2.33. The van der Waals surface area contributed by atoms with Gasteiger partial charge in [-0.2, -0.15) is 5.10 Å². The molecular weight excluding hydrogens is 354 g/mol. The Morgan fingerprint density at radius 3 is 2.46 bits per heavy atom. The van der Waals surface area contributed by atoms with E-state index < -0.39 is 0 Å². The van der Waals surface area contributed by atoms with Gasteiger partial charge in [0.25, 0.3) is 0 Å². The Balaban J connectivity index is 1.78. The van der Waals surface area contributed by atoms with Crippen molar-refractivity contribution in [3.05, 3.63) is 59.3 Å². The normalized spacial score (nSPS) is 16.0. The highest BCUT2D eigenvalue weighted by atomic mass is 16.5. The van der Waals surface area contributed by atoms with Crippen LogP contribution in [0.3, 0.4) is 0 Å². The van der Waals surface area contributed by atoms with Gasteiger partial charge in [0.15, 0.2) is 0 Å². The Bertz CT molecular complexity index is 1010. The number of hydrogen-bond acceptors (Lipinski definition) is 5. The Hall–Kier alpha value is -3.22. The third-order valence-corrected chi connectivity index (χ3v) is 5.03. The predicted molar refractivity (Wildman–Crippen MR) is 106 cm³/mol. The van der Waals surface area contributed by atoms with Crippen molar-refractivity contribution in [2.24, 2.45) is 0 Å². The minimum atomic E-state index is -0.114. The molecule has 1 N–H and O–H groups in total. The minimum Gasteiger partial charge on any atom is -0.497 e.